The fraction of sp³-hybridized carbons (Fsp3) is 0.385. The molecule has 0 aromatic heterocycles. The Balaban J connectivity index is 3.04. The maximum Gasteiger partial charge on any atom is 0.192 e. The largest absolute Gasteiger partial charge is 0.362 e. The molecule has 1 rings (SSSR count). The Morgan fingerprint density at radius 2 is 1.67 bits per heavy atom. The van der Waals surface area contributed by atoms with E-state index in [4.69, 9.17) is 0 Å². The first-order chi connectivity index (χ1) is 6.85. The molecular weight excluding hydrogens is 188 g/mol. The van der Waals surface area contributed by atoms with Gasteiger partial charge >= 0.3 is 0 Å². The van der Waals surface area contributed by atoms with Crippen molar-refractivity contribution in [1.29, 1.82) is 0 Å². The van der Waals surface area contributed by atoms with E-state index in [9.17, 15) is 10.2 Å². The predicted octanol–water partition coefficient (Wildman–Crippen LogP) is 2.51. The molecule has 82 valence electrons. The van der Waals surface area contributed by atoms with E-state index in [0.29, 0.717) is 5.56 Å². The summed E-state index contributed by atoms with van der Waals surface area (Å²) in [4.78, 5) is 0. The van der Waals surface area contributed by atoms with Crippen LogP contribution in [0.4, 0.5) is 0 Å². The molecule has 0 unspecified atom stereocenters. The first-order valence-corrected chi connectivity index (χ1v) is 5.07. The normalized spacial score (nSPS) is 11.9. The van der Waals surface area contributed by atoms with Gasteiger partial charge < -0.3 is 10.2 Å². The summed E-state index contributed by atoms with van der Waals surface area (Å²) in [6, 6.07) is 7.15. The summed E-state index contributed by atoms with van der Waals surface area (Å²) >= 11 is 0. The third-order valence-electron chi connectivity index (χ3n) is 2.61. The number of benzene rings is 1. The van der Waals surface area contributed by atoms with Gasteiger partial charge in [0.25, 0.3) is 0 Å². The topological polar surface area (TPSA) is 40.5 Å². The molecule has 0 saturated carbocycles. The van der Waals surface area contributed by atoms with Crippen molar-refractivity contribution in [1.82, 2.24) is 0 Å². The van der Waals surface area contributed by atoms with Crippen LogP contribution in [0.5, 0.6) is 0 Å². The third-order valence-corrected chi connectivity index (χ3v) is 2.61. The van der Waals surface area contributed by atoms with Crippen molar-refractivity contribution in [3.05, 3.63) is 42.0 Å². The molecule has 0 spiro atoms. The average Bonchev–Trinajstić information content (AvgIpc) is 2.17. The van der Waals surface area contributed by atoms with E-state index in [1.54, 1.807) is 26.0 Å². The van der Waals surface area contributed by atoms with Crippen molar-refractivity contribution in [2.75, 3.05) is 0 Å². The first kappa shape index (κ1) is 12.0. The van der Waals surface area contributed by atoms with Crippen molar-refractivity contribution in [2.24, 2.45) is 5.92 Å². The summed E-state index contributed by atoms with van der Waals surface area (Å²) in [7, 11) is 0. The van der Waals surface area contributed by atoms with Crippen molar-refractivity contribution >= 4 is 5.57 Å². The Labute approximate surface area is 90.9 Å². The van der Waals surface area contributed by atoms with E-state index < -0.39 is 5.79 Å². The maximum absolute atomic E-state index is 9.83. The van der Waals surface area contributed by atoms with E-state index in [1.165, 1.54) is 0 Å². The second-order valence-corrected chi connectivity index (χ2v) is 4.24. The van der Waals surface area contributed by atoms with Crippen LogP contribution >= 0.6 is 0 Å². The zero-order chi connectivity index (χ0) is 11.6. The van der Waals surface area contributed by atoms with E-state index in [0.717, 1.165) is 11.1 Å². The molecule has 0 atom stereocenters. The van der Waals surface area contributed by atoms with Crippen molar-refractivity contribution in [3.63, 3.8) is 0 Å². The molecule has 2 heteroatoms. The highest BCUT2D eigenvalue weighted by atomic mass is 16.5. The molecule has 0 aliphatic rings. The molecule has 0 aliphatic heterocycles. The minimum atomic E-state index is -1.76. The molecule has 1 aromatic carbocycles. The van der Waals surface area contributed by atoms with Crippen LogP contribution in [0.1, 0.15) is 31.9 Å². The molecule has 0 aliphatic carbocycles. The van der Waals surface area contributed by atoms with Gasteiger partial charge in [0.2, 0.25) is 0 Å². The molecule has 1 aromatic rings. The van der Waals surface area contributed by atoms with Crippen LogP contribution in [0.3, 0.4) is 0 Å². The molecule has 0 heterocycles. The number of rotatable bonds is 3. The SMILES string of the molecule is C=C(C)c1ccc(C(O)(O)C(C)C)cc1. The second-order valence-electron chi connectivity index (χ2n) is 4.24. The highest BCUT2D eigenvalue weighted by Crippen LogP contribution is 2.27. The molecule has 0 bridgehead atoms. The van der Waals surface area contributed by atoms with Crippen molar-refractivity contribution in [2.45, 2.75) is 26.6 Å². The van der Waals surface area contributed by atoms with Gasteiger partial charge in [-0.15, -0.1) is 0 Å². The molecule has 0 radical (unpaired) electrons. The Hall–Kier alpha value is -1.12. The Morgan fingerprint density at radius 1 is 1.20 bits per heavy atom. The smallest absolute Gasteiger partial charge is 0.192 e. The zero-order valence-electron chi connectivity index (χ0n) is 9.49. The molecule has 0 amide bonds. The highest BCUT2D eigenvalue weighted by molar-refractivity contribution is 5.61. The number of aliphatic hydroxyl groups is 2. The maximum atomic E-state index is 9.83. The Bertz CT molecular complexity index is 347. The van der Waals surface area contributed by atoms with Gasteiger partial charge in [0.05, 0.1) is 0 Å². The van der Waals surface area contributed by atoms with Crippen molar-refractivity contribution < 1.29 is 10.2 Å². The third kappa shape index (κ3) is 2.46. The van der Waals surface area contributed by atoms with Gasteiger partial charge in [-0.2, -0.15) is 0 Å². The quantitative estimate of drug-likeness (QED) is 0.746. The highest BCUT2D eigenvalue weighted by Gasteiger charge is 2.29. The Morgan fingerprint density at radius 3 is 2.00 bits per heavy atom. The van der Waals surface area contributed by atoms with Gasteiger partial charge in [0.15, 0.2) is 5.79 Å². The van der Waals surface area contributed by atoms with Crippen LogP contribution in [-0.2, 0) is 5.79 Å². The number of allylic oxidation sites excluding steroid dienone is 1. The molecule has 0 saturated heterocycles. The standard InChI is InChI=1S/C13H18O2/c1-9(2)11-5-7-12(8-6-11)13(14,15)10(3)4/h5-8,10,14-15H,1H2,2-4H3. The molecule has 15 heavy (non-hydrogen) atoms. The molecule has 2 nitrogen and oxygen atoms in total. The van der Waals surface area contributed by atoms with Gasteiger partial charge in [-0.05, 0) is 12.5 Å². The van der Waals surface area contributed by atoms with E-state index >= 15 is 0 Å². The summed E-state index contributed by atoms with van der Waals surface area (Å²) in [6.45, 7) is 9.29. The van der Waals surface area contributed by atoms with Gasteiger partial charge in [-0.3, -0.25) is 0 Å². The summed E-state index contributed by atoms with van der Waals surface area (Å²) in [6.07, 6.45) is 0. The van der Waals surface area contributed by atoms with Gasteiger partial charge in [0, 0.05) is 11.5 Å². The second kappa shape index (κ2) is 4.17. The van der Waals surface area contributed by atoms with Gasteiger partial charge in [-0.1, -0.05) is 50.3 Å². The Kier molecular flexibility index (Phi) is 3.32. The van der Waals surface area contributed by atoms with Gasteiger partial charge in [-0.25, -0.2) is 0 Å². The lowest BCUT2D eigenvalue weighted by Crippen LogP contribution is -2.31. The van der Waals surface area contributed by atoms with Crippen LogP contribution in [-0.4, -0.2) is 10.2 Å². The fourth-order valence-electron chi connectivity index (χ4n) is 1.33. The van der Waals surface area contributed by atoms with Crippen LogP contribution in [0.2, 0.25) is 0 Å². The zero-order valence-corrected chi connectivity index (χ0v) is 9.49. The van der Waals surface area contributed by atoms with E-state index in [1.807, 2.05) is 19.1 Å². The predicted molar refractivity (Wildman–Crippen MR) is 62.1 cm³/mol. The lowest BCUT2D eigenvalue weighted by Gasteiger charge is -2.26. The fourth-order valence-corrected chi connectivity index (χ4v) is 1.33. The van der Waals surface area contributed by atoms with Crippen LogP contribution in [0.25, 0.3) is 5.57 Å². The monoisotopic (exact) mass is 206 g/mol. The summed E-state index contributed by atoms with van der Waals surface area (Å²) in [5, 5.41) is 19.7. The van der Waals surface area contributed by atoms with E-state index in [2.05, 4.69) is 6.58 Å². The summed E-state index contributed by atoms with van der Waals surface area (Å²) in [5.74, 6) is -2.00. The van der Waals surface area contributed by atoms with E-state index in [-0.39, 0.29) is 5.92 Å². The average molecular weight is 206 g/mol. The molecular formula is C13H18O2. The first-order valence-electron chi connectivity index (χ1n) is 5.07. The van der Waals surface area contributed by atoms with Crippen molar-refractivity contribution in [3.8, 4) is 0 Å². The minimum Gasteiger partial charge on any atom is -0.362 e. The van der Waals surface area contributed by atoms with Crippen LogP contribution in [0, 0.1) is 5.92 Å². The molecule has 0 fully saturated rings. The lowest BCUT2D eigenvalue weighted by molar-refractivity contribution is -0.201. The number of hydrogen-bond donors (Lipinski definition) is 2. The minimum absolute atomic E-state index is 0.242. The summed E-state index contributed by atoms with van der Waals surface area (Å²) in [5.41, 5.74) is 2.49. The summed E-state index contributed by atoms with van der Waals surface area (Å²) < 4.78 is 0. The lowest BCUT2D eigenvalue weighted by atomic mass is 9.93. The van der Waals surface area contributed by atoms with Gasteiger partial charge in [0.1, 0.15) is 0 Å². The van der Waals surface area contributed by atoms with Crippen LogP contribution < -0.4 is 0 Å². The molecule has 2 N–H and O–H groups in total. The number of hydrogen-bond acceptors (Lipinski definition) is 2. The van der Waals surface area contributed by atoms with Crippen LogP contribution in [0.15, 0.2) is 30.8 Å².